The number of benzene rings is 2. The summed E-state index contributed by atoms with van der Waals surface area (Å²) in [5.74, 6) is -2.36. The average molecular weight is 764 g/mol. The third-order valence-corrected chi connectivity index (χ3v) is 9.56. The number of aryl methyl sites for hydroxylation is 1. The number of carboxylic acid groups (broad SMARTS) is 1. The molecule has 2 N–H and O–H groups in total. The molecule has 0 unspecified atom stereocenters. The van der Waals surface area contributed by atoms with E-state index in [9.17, 15) is 31.2 Å². The van der Waals surface area contributed by atoms with Crippen LogP contribution in [0, 0.1) is 6.92 Å². The van der Waals surface area contributed by atoms with Gasteiger partial charge in [-0.05, 0) is 61.0 Å². The number of hydrogen-bond donors (Lipinski definition) is 2. The van der Waals surface area contributed by atoms with Crippen LogP contribution < -0.4 is 10.1 Å². The van der Waals surface area contributed by atoms with Crippen LogP contribution >= 0.6 is 11.3 Å². The Labute approximate surface area is 301 Å². The number of carbonyl (C=O) groups excluding carboxylic acids is 2. The number of halogens is 3. The summed E-state index contributed by atoms with van der Waals surface area (Å²) in [5, 5.41) is 12.1. The Hall–Kier alpha value is -4.91. The Bertz CT molecular complexity index is 1980. The van der Waals surface area contributed by atoms with E-state index in [4.69, 9.17) is 19.4 Å². The number of nitrogens with one attached hydrogen (secondary N) is 1. The number of anilines is 1. The van der Waals surface area contributed by atoms with Gasteiger partial charge in [0.15, 0.2) is 15.0 Å². The fraction of sp³-hybridized carbons (Fsp3) is 0.324. The van der Waals surface area contributed by atoms with Crippen LogP contribution in [0.4, 0.5) is 18.3 Å². The number of carboxylic acids is 1. The van der Waals surface area contributed by atoms with Crippen molar-refractivity contribution in [1.29, 1.82) is 0 Å². The molecule has 13 nitrogen and oxygen atoms in total. The smallest absolute Gasteiger partial charge is 0.475 e. The molecule has 0 aliphatic carbocycles. The largest absolute Gasteiger partial charge is 0.490 e. The molecule has 0 radical (unpaired) electrons. The van der Waals surface area contributed by atoms with Crippen LogP contribution in [0.1, 0.15) is 21.6 Å². The van der Waals surface area contributed by atoms with E-state index in [2.05, 4.69) is 20.2 Å². The summed E-state index contributed by atoms with van der Waals surface area (Å²) in [6, 6.07) is 14.9. The number of ether oxygens (including phenoxy) is 2. The third kappa shape index (κ3) is 11.6. The zero-order valence-corrected chi connectivity index (χ0v) is 30.0. The number of sulfone groups is 1. The summed E-state index contributed by atoms with van der Waals surface area (Å²) in [5.41, 5.74) is 3.21. The number of pyridine rings is 1. The first-order valence-electron chi connectivity index (χ1n) is 15.6. The van der Waals surface area contributed by atoms with Gasteiger partial charge in [-0.3, -0.25) is 24.8 Å². The maximum Gasteiger partial charge on any atom is 0.490 e. The molecule has 0 atom stereocenters. The molecule has 2 amide bonds. The number of aliphatic carboxylic acids is 1. The van der Waals surface area contributed by atoms with Gasteiger partial charge in [0, 0.05) is 68.8 Å². The van der Waals surface area contributed by atoms with Crippen LogP contribution in [-0.2, 0) is 30.6 Å². The number of alkyl halides is 3. The van der Waals surface area contributed by atoms with Gasteiger partial charge in [-0.15, -0.1) is 11.3 Å². The summed E-state index contributed by atoms with van der Waals surface area (Å²) in [6.07, 6.45) is -2.10. The third-order valence-electron chi connectivity index (χ3n) is 7.62. The molecular formula is C34H36F3N5O8S2. The fourth-order valence-corrected chi connectivity index (χ4v) is 6.26. The van der Waals surface area contributed by atoms with Gasteiger partial charge in [0.25, 0.3) is 5.91 Å². The second-order valence-corrected chi connectivity index (χ2v) is 14.4. The van der Waals surface area contributed by atoms with Crippen LogP contribution in [-0.4, -0.2) is 110 Å². The van der Waals surface area contributed by atoms with E-state index in [1.807, 2.05) is 24.0 Å². The molecule has 0 saturated carbocycles. The van der Waals surface area contributed by atoms with E-state index in [0.29, 0.717) is 58.8 Å². The molecule has 52 heavy (non-hydrogen) atoms. The number of thiazole rings is 1. The first kappa shape index (κ1) is 39.9. The summed E-state index contributed by atoms with van der Waals surface area (Å²) >= 11 is 1.26. The molecule has 1 aliphatic rings. The number of hydrogen-bond acceptors (Lipinski definition) is 11. The maximum absolute atomic E-state index is 13.5. The van der Waals surface area contributed by atoms with Crippen LogP contribution in [0.3, 0.4) is 0 Å². The number of amides is 2. The number of piperazine rings is 1. The molecule has 5 rings (SSSR count). The lowest BCUT2D eigenvalue weighted by Gasteiger charge is -2.34. The Morgan fingerprint density at radius 1 is 1.02 bits per heavy atom. The number of nitrogens with zero attached hydrogens (tertiary/aromatic N) is 4. The molecule has 2 aromatic heterocycles. The van der Waals surface area contributed by atoms with Crippen molar-refractivity contribution < 1.29 is 50.6 Å². The highest BCUT2D eigenvalue weighted by atomic mass is 32.2. The van der Waals surface area contributed by atoms with E-state index in [1.54, 1.807) is 49.0 Å². The zero-order valence-electron chi connectivity index (χ0n) is 28.3. The monoisotopic (exact) mass is 763 g/mol. The zero-order chi connectivity index (χ0) is 38.1. The Morgan fingerprint density at radius 3 is 2.29 bits per heavy atom. The first-order chi connectivity index (χ1) is 24.5. The predicted molar refractivity (Wildman–Crippen MR) is 186 cm³/mol. The molecular weight excluding hydrogens is 728 g/mol. The van der Waals surface area contributed by atoms with Gasteiger partial charge in [0.2, 0.25) is 5.91 Å². The quantitative estimate of drug-likeness (QED) is 0.213. The van der Waals surface area contributed by atoms with Gasteiger partial charge in [-0.1, -0.05) is 6.07 Å². The molecule has 18 heteroatoms. The van der Waals surface area contributed by atoms with Crippen molar-refractivity contribution in [3.63, 3.8) is 0 Å². The normalized spacial score (nSPS) is 13.5. The van der Waals surface area contributed by atoms with Crippen molar-refractivity contribution in [2.45, 2.75) is 24.4 Å². The van der Waals surface area contributed by atoms with Gasteiger partial charge >= 0.3 is 12.1 Å². The Morgan fingerprint density at radius 2 is 1.69 bits per heavy atom. The van der Waals surface area contributed by atoms with Crippen LogP contribution in [0.25, 0.3) is 11.3 Å². The van der Waals surface area contributed by atoms with Crippen molar-refractivity contribution in [1.82, 2.24) is 19.8 Å². The van der Waals surface area contributed by atoms with E-state index in [0.717, 1.165) is 31.5 Å². The van der Waals surface area contributed by atoms with E-state index < -0.39 is 27.9 Å². The molecule has 278 valence electrons. The fourth-order valence-electron chi connectivity index (χ4n) is 4.93. The van der Waals surface area contributed by atoms with Gasteiger partial charge < -0.3 is 19.5 Å². The van der Waals surface area contributed by atoms with E-state index in [-0.39, 0.29) is 17.2 Å². The summed E-state index contributed by atoms with van der Waals surface area (Å²) in [7, 11) is -1.67. The minimum absolute atomic E-state index is 0.00867. The van der Waals surface area contributed by atoms with Crippen molar-refractivity contribution in [3.05, 3.63) is 83.0 Å². The molecule has 1 fully saturated rings. The lowest BCUT2D eigenvalue weighted by atomic mass is 10.0. The topological polar surface area (TPSA) is 168 Å². The van der Waals surface area contributed by atoms with E-state index >= 15 is 0 Å². The van der Waals surface area contributed by atoms with Crippen molar-refractivity contribution in [2.75, 3.05) is 58.0 Å². The predicted octanol–water partition coefficient (Wildman–Crippen LogP) is 4.93. The number of methoxy groups -OCH3 is 1. The molecule has 2 aromatic carbocycles. The highest BCUT2D eigenvalue weighted by Crippen LogP contribution is 2.31. The second kappa shape index (κ2) is 17.5. The van der Waals surface area contributed by atoms with E-state index in [1.165, 1.54) is 23.5 Å². The van der Waals surface area contributed by atoms with Gasteiger partial charge in [0.05, 0.1) is 29.3 Å². The number of rotatable bonds is 11. The minimum Gasteiger partial charge on any atom is -0.475 e. The van der Waals surface area contributed by atoms with Crippen molar-refractivity contribution >= 4 is 44.1 Å². The van der Waals surface area contributed by atoms with Crippen LogP contribution in [0.5, 0.6) is 11.5 Å². The summed E-state index contributed by atoms with van der Waals surface area (Å²) in [6.45, 7) is 6.39. The average Bonchev–Trinajstić information content (AvgIpc) is 3.53. The molecule has 4 aromatic rings. The Balaban J connectivity index is 0.000000785. The summed E-state index contributed by atoms with van der Waals surface area (Å²) in [4.78, 5) is 48.6. The molecule has 0 bridgehead atoms. The highest BCUT2D eigenvalue weighted by Gasteiger charge is 2.38. The first-order valence-corrected chi connectivity index (χ1v) is 18.4. The van der Waals surface area contributed by atoms with Gasteiger partial charge in [-0.25, -0.2) is 18.2 Å². The summed E-state index contributed by atoms with van der Waals surface area (Å²) < 4.78 is 66.6. The molecule has 0 spiro atoms. The minimum atomic E-state index is -5.08. The number of carbonyl (C=O) groups is 3. The molecule has 1 saturated heterocycles. The second-order valence-electron chi connectivity index (χ2n) is 11.6. The molecule has 3 heterocycles. The van der Waals surface area contributed by atoms with Gasteiger partial charge in [-0.2, -0.15) is 13.2 Å². The maximum atomic E-state index is 13.5. The lowest BCUT2D eigenvalue weighted by Crippen LogP contribution is -2.49. The Kier molecular flexibility index (Phi) is 13.4. The van der Waals surface area contributed by atoms with Crippen LogP contribution in [0.15, 0.2) is 71.1 Å². The van der Waals surface area contributed by atoms with Crippen molar-refractivity contribution in [3.8, 4) is 22.8 Å². The lowest BCUT2D eigenvalue weighted by molar-refractivity contribution is -0.192. The van der Waals surface area contributed by atoms with Crippen LogP contribution in [0.2, 0.25) is 0 Å². The van der Waals surface area contributed by atoms with Crippen molar-refractivity contribution in [2.24, 2.45) is 0 Å². The highest BCUT2D eigenvalue weighted by molar-refractivity contribution is 7.90. The standard InChI is InChI=1S/C32H35N5O6S2.C2HF3O2/c1-22-5-4-10-33-30(22)23-17-24(19-27(18-23)43-26-6-8-28(9-7-26)45(3,40)41)31(39)35-32-34-25(21-44-32)20-29(38)37-13-11-36(12-14-37)15-16-42-2;3-2(4,5)1(6)7/h4-10,17-19,21H,11-16,20H2,1-3H3,(H,34,35,39);(H,6,7). The number of aromatic nitrogens is 2. The molecule has 1 aliphatic heterocycles. The van der Waals surface area contributed by atoms with Gasteiger partial charge in [0.1, 0.15) is 11.5 Å². The SMILES string of the molecule is COCCN1CCN(C(=O)Cc2csc(NC(=O)c3cc(Oc4ccc(S(C)(=O)=O)cc4)cc(-c4ncccc4C)c3)n2)CC1.O=C(O)C(F)(F)F.